The molecular formula is C10H12N2OS. The lowest BCUT2D eigenvalue weighted by Gasteiger charge is -2.19. The Hall–Kier alpha value is -0.900. The molecule has 1 atom stereocenters. The van der Waals surface area contributed by atoms with E-state index in [4.69, 9.17) is 0 Å². The second-order valence-corrected chi connectivity index (χ2v) is 4.74. The van der Waals surface area contributed by atoms with Crippen LogP contribution in [0.5, 0.6) is 0 Å². The van der Waals surface area contributed by atoms with Crippen LogP contribution >= 0.6 is 11.8 Å². The van der Waals surface area contributed by atoms with E-state index < -0.39 is 0 Å². The summed E-state index contributed by atoms with van der Waals surface area (Å²) in [5, 5.41) is 1.39. The number of carbonyl (C=O) groups excluding carboxylic acids is 1. The number of rotatable bonds is 2. The van der Waals surface area contributed by atoms with Crippen LogP contribution in [0, 0.1) is 0 Å². The highest BCUT2D eigenvalue weighted by Crippen LogP contribution is 2.30. The Morgan fingerprint density at radius 3 is 3.14 bits per heavy atom. The monoisotopic (exact) mass is 208 g/mol. The van der Waals surface area contributed by atoms with E-state index in [1.54, 1.807) is 24.3 Å². The summed E-state index contributed by atoms with van der Waals surface area (Å²) >= 11 is 1.70. The van der Waals surface area contributed by atoms with Gasteiger partial charge in [0, 0.05) is 24.3 Å². The summed E-state index contributed by atoms with van der Waals surface area (Å²) in [6.45, 7) is 0. The first kappa shape index (κ1) is 9.65. The van der Waals surface area contributed by atoms with Crippen molar-refractivity contribution in [2.24, 2.45) is 0 Å². The molecule has 1 aromatic rings. The van der Waals surface area contributed by atoms with Crippen molar-refractivity contribution in [2.75, 3.05) is 0 Å². The minimum Gasteiger partial charge on any atom is -0.300 e. The Labute approximate surface area is 87.3 Å². The largest absolute Gasteiger partial charge is 0.300 e. The molecule has 0 spiro atoms. The van der Waals surface area contributed by atoms with E-state index in [1.807, 2.05) is 6.07 Å². The van der Waals surface area contributed by atoms with E-state index in [0.29, 0.717) is 17.5 Å². The molecule has 0 aromatic carbocycles. The molecule has 1 aliphatic carbocycles. The number of hydrogen-bond acceptors (Lipinski definition) is 4. The first-order valence-corrected chi connectivity index (χ1v) is 5.67. The summed E-state index contributed by atoms with van der Waals surface area (Å²) in [7, 11) is 0. The lowest BCUT2D eigenvalue weighted by molar-refractivity contribution is -0.120. The molecule has 1 fully saturated rings. The Morgan fingerprint density at radius 2 is 2.43 bits per heavy atom. The number of ketones is 1. The van der Waals surface area contributed by atoms with Crippen molar-refractivity contribution < 1.29 is 4.79 Å². The molecule has 14 heavy (non-hydrogen) atoms. The van der Waals surface area contributed by atoms with Crippen LogP contribution in [0.15, 0.2) is 23.6 Å². The molecule has 1 aliphatic rings. The molecule has 1 heterocycles. The minimum atomic E-state index is 0.391. The molecule has 0 aliphatic heterocycles. The Bertz CT molecular complexity index is 315. The van der Waals surface area contributed by atoms with Gasteiger partial charge in [0.1, 0.15) is 12.1 Å². The van der Waals surface area contributed by atoms with Gasteiger partial charge in [-0.1, -0.05) is 0 Å². The van der Waals surface area contributed by atoms with E-state index in [1.165, 1.54) is 0 Å². The third-order valence-corrected chi connectivity index (χ3v) is 3.50. The van der Waals surface area contributed by atoms with Gasteiger partial charge in [0.25, 0.3) is 0 Å². The molecule has 0 bridgehead atoms. The van der Waals surface area contributed by atoms with E-state index in [-0.39, 0.29) is 0 Å². The number of nitrogens with zero attached hydrogens (tertiary/aromatic N) is 2. The molecule has 2 rings (SSSR count). The zero-order valence-electron chi connectivity index (χ0n) is 7.85. The molecular weight excluding hydrogens is 196 g/mol. The number of aromatic nitrogens is 2. The number of Topliss-reactive ketones (excluding diaryl/α,β-unsaturated/α-hetero) is 1. The molecule has 0 saturated heterocycles. The van der Waals surface area contributed by atoms with Gasteiger partial charge in [0.15, 0.2) is 0 Å². The molecule has 4 heteroatoms. The maximum absolute atomic E-state index is 11.2. The predicted molar refractivity (Wildman–Crippen MR) is 55.2 cm³/mol. The molecule has 1 saturated carbocycles. The van der Waals surface area contributed by atoms with E-state index >= 15 is 0 Å². The van der Waals surface area contributed by atoms with Crippen molar-refractivity contribution in [1.82, 2.24) is 9.97 Å². The van der Waals surface area contributed by atoms with Crippen molar-refractivity contribution >= 4 is 17.5 Å². The summed E-state index contributed by atoms with van der Waals surface area (Å²) in [5.41, 5.74) is 0. The van der Waals surface area contributed by atoms with Crippen molar-refractivity contribution in [3.05, 3.63) is 18.6 Å². The average molecular weight is 208 g/mol. The second kappa shape index (κ2) is 4.55. The minimum absolute atomic E-state index is 0.391. The van der Waals surface area contributed by atoms with Gasteiger partial charge < -0.3 is 0 Å². The fraction of sp³-hybridized carbons (Fsp3) is 0.500. The predicted octanol–water partition coefficient (Wildman–Crippen LogP) is 2.08. The van der Waals surface area contributed by atoms with Crippen LogP contribution in [-0.2, 0) is 4.79 Å². The maximum atomic E-state index is 11.2. The van der Waals surface area contributed by atoms with Gasteiger partial charge in [-0.05, 0) is 18.9 Å². The van der Waals surface area contributed by atoms with E-state index in [2.05, 4.69) is 9.97 Å². The summed E-state index contributed by atoms with van der Waals surface area (Å²) in [4.78, 5) is 19.2. The van der Waals surface area contributed by atoms with Crippen molar-refractivity contribution in [2.45, 2.75) is 36.0 Å². The first-order valence-electron chi connectivity index (χ1n) is 4.79. The Morgan fingerprint density at radius 1 is 1.50 bits per heavy atom. The van der Waals surface area contributed by atoms with Gasteiger partial charge in [-0.2, -0.15) is 0 Å². The van der Waals surface area contributed by atoms with Crippen LogP contribution in [0.4, 0.5) is 0 Å². The number of thioether (sulfide) groups is 1. The van der Waals surface area contributed by atoms with Crippen molar-refractivity contribution in [1.29, 1.82) is 0 Å². The Kier molecular flexibility index (Phi) is 3.14. The van der Waals surface area contributed by atoms with Crippen LogP contribution in [0.25, 0.3) is 0 Å². The number of hydrogen-bond donors (Lipinski definition) is 0. The summed E-state index contributed by atoms with van der Waals surface area (Å²) in [6, 6.07) is 1.89. The SMILES string of the molecule is O=C1CCCC(Sc2ccncn2)C1. The molecule has 0 radical (unpaired) electrons. The second-order valence-electron chi connectivity index (χ2n) is 3.42. The third kappa shape index (κ3) is 2.54. The van der Waals surface area contributed by atoms with Gasteiger partial charge in [0.2, 0.25) is 0 Å². The van der Waals surface area contributed by atoms with Gasteiger partial charge in [-0.3, -0.25) is 4.79 Å². The van der Waals surface area contributed by atoms with Crippen molar-refractivity contribution in [3.8, 4) is 0 Å². The normalized spacial score (nSPS) is 22.3. The van der Waals surface area contributed by atoms with Gasteiger partial charge in [-0.15, -0.1) is 11.8 Å². The van der Waals surface area contributed by atoms with E-state index in [9.17, 15) is 4.79 Å². The highest BCUT2D eigenvalue weighted by atomic mass is 32.2. The number of carbonyl (C=O) groups is 1. The first-order chi connectivity index (χ1) is 6.84. The zero-order valence-corrected chi connectivity index (χ0v) is 8.67. The molecule has 1 aromatic heterocycles. The molecule has 74 valence electrons. The van der Waals surface area contributed by atoms with Crippen LogP contribution in [0.2, 0.25) is 0 Å². The van der Waals surface area contributed by atoms with Crippen LogP contribution in [0.1, 0.15) is 25.7 Å². The van der Waals surface area contributed by atoms with Gasteiger partial charge >= 0.3 is 0 Å². The van der Waals surface area contributed by atoms with Crippen LogP contribution in [-0.4, -0.2) is 21.0 Å². The fourth-order valence-electron chi connectivity index (χ4n) is 1.60. The van der Waals surface area contributed by atoms with E-state index in [0.717, 1.165) is 24.3 Å². The highest BCUT2D eigenvalue weighted by Gasteiger charge is 2.20. The van der Waals surface area contributed by atoms with Gasteiger partial charge in [-0.25, -0.2) is 9.97 Å². The molecule has 3 nitrogen and oxygen atoms in total. The smallest absolute Gasteiger partial charge is 0.134 e. The topological polar surface area (TPSA) is 42.9 Å². The molecule has 1 unspecified atom stereocenters. The maximum Gasteiger partial charge on any atom is 0.134 e. The van der Waals surface area contributed by atoms with Crippen LogP contribution in [0.3, 0.4) is 0 Å². The average Bonchev–Trinajstić information content (AvgIpc) is 2.19. The molecule has 0 N–H and O–H groups in total. The molecule has 0 amide bonds. The highest BCUT2D eigenvalue weighted by molar-refractivity contribution is 7.99. The summed E-state index contributed by atoms with van der Waals surface area (Å²) < 4.78 is 0. The Balaban J connectivity index is 1.94. The lowest BCUT2D eigenvalue weighted by Crippen LogP contribution is -2.16. The summed E-state index contributed by atoms with van der Waals surface area (Å²) in [6.07, 6.45) is 6.91. The lowest BCUT2D eigenvalue weighted by atomic mass is 9.99. The van der Waals surface area contributed by atoms with Crippen molar-refractivity contribution in [3.63, 3.8) is 0 Å². The standard InChI is InChI=1S/C10H12N2OS/c13-8-2-1-3-9(6-8)14-10-4-5-11-7-12-10/h4-5,7,9H,1-3,6H2. The third-order valence-electron chi connectivity index (χ3n) is 2.28. The quantitative estimate of drug-likeness (QED) is 0.698. The fourth-order valence-corrected chi connectivity index (χ4v) is 2.75. The zero-order chi connectivity index (χ0) is 9.80. The van der Waals surface area contributed by atoms with Gasteiger partial charge in [0.05, 0.1) is 5.03 Å². The van der Waals surface area contributed by atoms with Crippen LogP contribution < -0.4 is 0 Å². The summed E-state index contributed by atoms with van der Waals surface area (Å²) in [5.74, 6) is 0.391.